The third-order valence-corrected chi connectivity index (χ3v) is 5.99. The Kier molecular flexibility index (Phi) is 6.95. The zero-order valence-electron chi connectivity index (χ0n) is 20.5. The summed E-state index contributed by atoms with van der Waals surface area (Å²) < 4.78 is 11.2. The molecule has 1 aromatic heterocycles. The third kappa shape index (κ3) is 5.23. The molecule has 0 bridgehead atoms. The highest BCUT2D eigenvalue weighted by Gasteiger charge is 2.17. The van der Waals surface area contributed by atoms with E-state index in [0.717, 1.165) is 41.1 Å². The molecule has 0 unspecified atom stereocenters. The van der Waals surface area contributed by atoms with Gasteiger partial charge in [-0.15, -0.1) is 0 Å². The first-order chi connectivity index (χ1) is 17.6. The molecule has 1 amide bonds. The largest absolute Gasteiger partial charge is 0.493 e. The zero-order valence-corrected chi connectivity index (χ0v) is 20.5. The second kappa shape index (κ2) is 10.6. The first-order valence-electron chi connectivity index (χ1n) is 12.1. The molecule has 1 fully saturated rings. The van der Waals surface area contributed by atoms with E-state index in [1.807, 2.05) is 80.6 Å². The molecule has 1 saturated heterocycles. The van der Waals surface area contributed by atoms with Crippen LogP contribution < -0.4 is 20.3 Å². The Balaban J connectivity index is 1.32. The van der Waals surface area contributed by atoms with Crippen LogP contribution in [0.4, 0.5) is 23.1 Å². The molecule has 4 aromatic rings. The number of fused-ring (bicyclic) bond motifs is 1. The minimum Gasteiger partial charge on any atom is -0.493 e. The summed E-state index contributed by atoms with van der Waals surface area (Å²) >= 11 is 0. The lowest BCUT2D eigenvalue weighted by Gasteiger charge is -2.28. The Morgan fingerprint density at radius 1 is 1.00 bits per heavy atom. The number of carbonyl (C=O) groups excluding carboxylic acids is 1. The fourth-order valence-corrected chi connectivity index (χ4v) is 4.28. The number of hydrogen-bond donors (Lipinski definition) is 2. The number of amides is 1. The molecule has 2 heterocycles. The van der Waals surface area contributed by atoms with Crippen LogP contribution >= 0.6 is 0 Å². The summed E-state index contributed by atoms with van der Waals surface area (Å²) in [4.78, 5) is 24.7. The predicted molar refractivity (Wildman–Crippen MR) is 143 cm³/mol. The lowest BCUT2D eigenvalue weighted by Crippen LogP contribution is -2.36. The van der Waals surface area contributed by atoms with Crippen LogP contribution in [0.3, 0.4) is 0 Å². The van der Waals surface area contributed by atoms with E-state index >= 15 is 0 Å². The molecular weight excluding hydrogens is 454 g/mol. The summed E-state index contributed by atoms with van der Waals surface area (Å²) in [5.41, 5.74) is 2.92. The van der Waals surface area contributed by atoms with Gasteiger partial charge in [-0.2, -0.15) is 4.98 Å². The molecule has 5 rings (SSSR count). The topological polar surface area (TPSA) is 88.6 Å². The molecule has 8 heteroatoms. The van der Waals surface area contributed by atoms with Gasteiger partial charge >= 0.3 is 0 Å². The van der Waals surface area contributed by atoms with Gasteiger partial charge in [0.15, 0.2) is 0 Å². The molecule has 0 spiro atoms. The van der Waals surface area contributed by atoms with E-state index in [1.54, 1.807) is 0 Å². The van der Waals surface area contributed by atoms with Crippen LogP contribution in [-0.4, -0.2) is 48.8 Å². The van der Waals surface area contributed by atoms with Crippen LogP contribution in [0.5, 0.6) is 5.75 Å². The number of morpholine rings is 1. The molecule has 0 aliphatic carbocycles. The number of nitrogens with zero attached hydrogens (tertiary/aromatic N) is 3. The van der Waals surface area contributed by atoms with Crippen LogP contribution in [0.25, 0.3) is 10.8 Å². The second-order valence-corrected chi connectivity index (χ2v) is 8.54. The molecule has 0 radical (unpaired) electrons. The number of nitrogens with one attached hydrogen (secondary N) is 2. The van der Waals surface area contributed by atoms with E-state index in [4.69, 9.17) is 9.47 Å². The van der Waals surface area contributed by atoms with Crippen molar-refractivity contribution in [3.8, 4) is 5.75 Å². The maximum Gasteiger partial charge on any atom is 0.260 e. The summed E-state index contributed by atoms with van der Waals surface area (Å²) in [7, 11) is 0. The minimum atomic E-state index is -0.215. The molecule has 184 valence electrons. The molecule has 36 heavy (non-hydrogen) atoms. The van der Waals surface area contributed by atoms with Gasteiger partial charge in [0.05, 0.1) is 25.4 Å². The molecule has 1 aliphatic heterocycles. The maximum absolute atomic E-state index is 13.3. The van der Waals surface area contributed by atoms with Crippen LogP contribution in [0.15, 0.2) is 66.7 Å². The van der Waals surface area contributed by atoms with E-state index in [9.17, 15) is 4.79 Å². The zero-order chi connectivity index (χ0) is 24.9. The fourth-order valence-electron chi connectivity index (χ4n) is 4.28. The van der Waals surface area contributed by atoms with Crippen molar-refractivity contribution in [3.63, 3.8) is 0 Å². The van der Waals surface area contributed by atoms with Crippen LogP contribution in [0.1, 0.15) is 23.0 Å². The van der Waals surface area contributed by atoms with Gasteiger partial charge in [-0.1, -0.05) is 30.3 Å². The third-order valence-electron chi connectivity index (χ3n) is 5.99. The number of anilines is 4. The fraction of sp³-hybridized carbons (Fsp3) is 0.250. The average Bonchev–Trinajstić information content (AvgIpc) is 2.90. The molecule has 0 atom stereocenters. The first-order valence-corrected chi connectivity index (χ1v) is 12.1. The Labute approximate surface area is 210 Å². The van der Waals surface area contributed by atoms with Crippen molar-refractivity contribution in [2.24, 2.45) is 0 Å². The number of aromatic nitrogens is 2. The number of rotatable bonds is 7. The molecule has 1 aliphatic rings. The predicted octanol–water partition coefficient (Wildman–Crippen LogP) is 5.17. The van der Waals surface area contributed by atoms with E-state index in [1.165, 1.54) is 0 Å². The highest BCUT2D eigenvalue weighted by Crippen LogP contribution is 2.29. The summed E-state index contributed by atoms with van der Waals surface area (Å²) in [5, 5.41) is 8.12. The summed E-state index contributed by atoms with van der Waals surface area (Å²) in [6.45, 7) is 7.36. The lowest BCUT2D eigenvalue weighted by molar-refractivity contribution is 0.102. The smallest absolute Gasteiger partial charge is 0.260 e. The average molecular weight is 484 g/mol. The summed E-state index contributed by atoms with van der Waals surface area (Å²) in [6.07, 6.45) is 0. The lowest BCUT2D eigenvalue weighted by atomic mass is 10.0. The van der Waals surface area contributed by atoms with Crippen molar-refractivity contribution >= 4 is 39.8 Å². The van der Waals surface area contributed by atoms with Crippen LogP contribution in [0, 0.1) is 6.92 Å². The minimum absolute atomic E-state index is 0.215. The summed E-state index contributed by atoms with van der Waals surface area (Å²) in [5.74, 6) is 1.77. The SMILES string of the molecule is CCOc1ccc2ccccc2c1C(=O)Nc1ccc(Nc2nc(C)cc(N3CCOCC3)n2)cc1. The molecular formula is C28H29N5O3. The van der Waals surface area contributed by atoms with Crippen molar-refractivity contribution in [3.05, 3.63) is 78.0 Å². The highest BCUT2D eigenvalue weighted by molar-refractivity contribution is 6.15. The monoisotopic (exact) mass is 483 g/mol. The number of aryl methyl sites for hydroxylation is 1. The quantitative estimate of drug-likeness (QED) is 0.375. The van der Waals surface area contributed by atoms with Crippen molar-refractivity contribution in [2.45, 2.75) is 13.8 Å². The first kappa shape index (κ1) is 23.6. The van der Waals surface area contributed by atoms with Crippen LogP contribution in [0.2, 0.25) is 0 Å². The molecule has 2 N–H and O–H groups in total. The van der Waals surface area contributed by atoms with E-state index in [0.29, 0.717) is 42.8 Å². The van der Waals surface area contributed by atoms with Gasteiger partial charge in [-0.25, -0.2) is 4.98 Å². The second-order valence-electron chi connectivity index (χ2n) is 8.54. The molecule has 3 aromatic carbocycles. The Morgan fingerprint density at radius 2 is 1.75 bits per heavy atom. The summed E-state index contributed by atoms with van der Waals surface area (Å²) in [6, 6.07) is 21.1. The number of benzene rings is 3. The van der Waals surface area contributed by atoms with Gasteiger partial charge in [0.1, 0.15) is 11.6 Å². The molecule has 8 nitrogen and oxygen atoms in total. The van der Waals surface area contributed by atoms with E-state index < -0.39 is 0 Å². The number of carbonyl (C=O) groups is 1. The van der Waals surface area contributed by atoms with Crippen LogP contribution in [-0.2, 0) is 4.74 Å². The van der Waals surface area contributed by atoms with E-state index in [2.05, 4.69) is 25.5 Å². The van der Waals surface area contributed by atoms with E-state index in [-0.39, 0.29) is 5.91 Å². The van der Waals surface area contributed by atoms with Crippen molar-refractivity contribution in [1.82, 2.24) is 9.97 Å². The van der Waals surface area contributed by atoms with Gasteiger partial charge in [0.25, 0.3) is 5.91 Å². The van der Waals surface area contributed by atoms with Gasteiger partial charge in [0.2, 0.25) is 5.95 Å². The number of hydrogen-bond acceptors (Lipinski definition) is 7. The van der Waals surface area contributed by atoms with Gasteiger partial charge < -0.3 is 25.0 Å². The van der Waals surface area contributed by atoms with Gasteiger partial charge in [0, 0.05) is 36.2 Å². The van der Waals surface area contributed by atoms with Crippen molar-refractivity contribution in [2.75, 3.05) is 48.4 Å². The Bertz CT molecular complexity index is 1370. The normalized spacial score (nSPS) is 13.4. The number of ether oxygens (including phenoxy) is 2. The molecule has 0 saturated carbocycles. The maximum atomic E-state index is 13.3. The highest BCUT2D eigenvalue weighted by atomic mass is 16.5. The van der Waals surface area contributed by atoms with Crippen molar-refractivity contribution in [1.29, 1.82) is 0 Å². The van der Waals surface area contributed by atoms with Gasteiger partial charge in [-0.05, 0) is 55.0 Å². The van der Waals surface area contributed by atoms with Crippen molar-refractivity contribution < 1.29 is 14.3 Å². The Hall–Kier alpha value is -4.17. The van der Waals surface area contributed by atoms with Gasteiger partial charge in [-0.3, -0.25) is 4.79 Å². The Morgan fingerprint density at radius 3 is 2.53 bits per heavy atom. The standard InChI is InChI=1S/C28H29N5O3/c1-3-36-24-13-8-20-6-4-5-7-23(20)26(24)27(34)30-21-9-11-22(12-10-21)31-28-29-19(2)18-25(32-28)33-14-16-35-17-15-33/h4-13,18H,3,14-17H2,1-2H3,(H,30,34)(H,29,31,32).